The van der Waals surface area contributed by atoms with E-state index in [9.17, 15) is 0 Å². The van der Waals surface area contributed by atoms with E-state index in [4.69, 9.17) is 19.1 Å². The van der Waals surface area contributed by atoms with Crippen LogP contribution in [0.25, 0.3) is 0 Å². The summed E-state index contributed by atoms with van der Waals surface area (Å²) in [6.45, 7) is 0. The summed E-state index contributed by atoms with van der Waals surface area (Å²) in [5, 5.41) is 0. The number of hydrogen-bond acceptors (Lipinski definition) is 0. The van der Waals surface area contributed by atoms with E-state index in [0.29, 0.717) is 0 Å². The molecular weight excluding hydrogens is 428 g/mol. The van der Waals surface area contributed by atoms with Crippen LogP contribution in [0.5, 0.6) is 0 Å². The largest absolute Gasteiger partial charge is 0 e. The van der Waals surface area contributed by atoms with Gasteiger partial charge in [-0.25, -0.2) is 0 Å². The second-order valence-electron chi connectivity index (χ2n) is 3.19. The van der Waals surface area contributed by atoms with Crippen molar-refractivity contribution in [2.75, 3.05) is 0 Å². The molecular formula is C12H18Cl2Pd2. The fourth-order valence-corrected chi connectivity index (χ4v) is 1.28. The van der Waals surface area contributed by atoms with Crippen molar-refractivity contribution in [1.29, 1.82) is 0 Å². The van der Waals surface area contributed by atoms with Crippen LogP contribution < -0.4 is 0 Å². The third kappa shape index (κ3) is 17.5. The van der Waals surface area contributed by atoms with Gasteiger partial charge in [-0.05, 0) is 38.5 Å². The number of halogens is 2. The Hall–Kier alpha value is 1.12. The van der Waals surface area contributed by atoms with Crippen LogP contribution in [0.1, 0.15) is 38.5 Å². The van der Waals surface area contributed by atoms with E-state index in [0.717, 1.165) is 0 Å². The zero-order valence-electron chi connectivity index (χ0n) is 9.10. The first-order valence-corrected chi connectivity index (χ1v) is 9.19. The Labute approximate surface area is 129 Å². The van der Waals surface area contributed by atoms with Crippen LogP contribution in [0, 0.1) is 0 Å². The van der Waals surface area contributed by atoms with Gasteiger partial charge >= 0.3 is 35.0 Å². The fourth-order valence-electron chi connectivity index (χ4n) is 1.28. The molecule has 100 valence electrons. The Kier molecular flexibility index (Phi) is 22.5. The smallest absolute Gasteiger partial charge is 0 e. The van der Waals surface area contributed by atoms with Crippen LogP contribution in [0.4, 0.5) is 0 Å². The van der Waals surface area contributed by atoms with Gasteiger partial charge in [0.1, 0.15) is 0 Å². The number of hydrogen-bond donors (Lipinski definition) is 0. The molecule has 0 aliphatic heterocycles. The average molecular weight is 446 g/mol. The normalized spacial score (nSPS) is 22.4. The van der Waals surface area contributed by atoms with E-state index in [1.807, 2.05) is 0 Å². The maximum atomic E-state index is 4.81. The van der Waals surface area contributed by atoms with Gasteiger partial charge in [-0.2, -0.15) is 0 Å². The van der Waals surface area contributed by atoms with Crippen molar-refractivity contribution in [1.82, 2.24) is 0 Å². The molecule has 0 aromatic carbocycles. The summed E-state index contributed by atoms with van der Waals surface area (Å²) in [5.41, 5.74) is 0. The predicted octanol–water partition coefficient (Wildman–Crippen LogP) is 5.38. The minimum atomic E-state index is -0.106. The quantitative estimate of drug-likeness (QED) is 0.346. The number of rotatable bonds is 0. The van der Waals surface area contributed by atoms with E-state index >= 15 is 0 Å². The molecule has 0 unspecified atom stereocenters. The topological polar surface area (TPSA) is 0 Å². The molecule has 0 heterocycles. The van der Waals surface area contributed by atoms with Crippen LogP contribution in [0.2, 0.25) is 0 Å². The Morgan fingerprint density at radius 1 is 0.562 bits per heavy atom. The summed E-state index contributed by atoms with van der Waals surface area (Å²) in [4.78, 5) is 0. The average Bonchev–Trinajstić information content (AvgIpc) is 2.19. The zero-order chi connectivity index (χ0) is 11.2. The van der Waals surface area contributed by atoms with Crippen molar-refractivity contribution < 1.29 is 36.4 Å². The second kappa shape index (κ2) is 18.5. The Bertz CT molecular complexity index is 150. The molecule has 4 heteroatoms. The molecule has 0 radical (unpaired) electrons. The SMILES string of the molecule is C1=C\CC/C=C\CC/C=C\CC/1.[Cl][Pd][Cl].[Pd]. The summed E-state index contributed by atoms with van der Waals surface area (Å²) in [5.74, 6) is 0. The molecule has 1 aliphatic carbocycles. The van der Waals surface area contributed by atoms with Gasteiger partial charge in [0, 0.05) is 20.4 Å². The van der Waals surface area contributed by atoms with E-state index in [1.165, 1.54) is 38.5 Å². The minimum Gasteiger partial charge on any atom is 0 e. The Morgan fingerprint density at radius 2 is 0.688 bits per heavy atom. The van der Waals surface area contributed by atoms with Crippen LogP contribution >= 0.6 is 19.1 Å². The predicted molar refractivity (Wildman–Crippen MR) is 66.8 cm³/mol. The molecule has 0 atom stereocenters. The minimum absolute atomic E-state index is 0. The van der Waals surface area contributed by atoms with Gasteiger partial charge in [-0.1, -0.05) is 36.5 Å². The maximum absolute atomic E-state index is 4.81. The summed E-state index contributed by atoms with van der Waals surface area (Å²) >= 11 is -0.106. The van der Waals surface area contributed by atoms with E-state index < -0.39 is 0 Å². The molecule has 0 bridgehead atoms. The first kappa shape index (κ1) is 19.5. The molecule has 1 rings (SSSR count). The second-order valence-corrected chi connectivity index (χ2v) is 5.55. The summed E-state index contributed by atoms with van der Waals surface area (Å²) in [7, 11) is 9.63. The first-order chi connectivity index (χ1) is 7.41. The molecule has 0 nitrogen and oxygen atoms in total. The maximum Gasteiger partial charge on any atom is 0 e. The number of allylic oxidation sites excluding steroid dienone is 6. The van der Waals surface area contributed by atoms with Crippen molar-refractivity contribution >= 4 is 19.1 Å². The standard InChI is InChI=1S/C12H18.2ClH.2Pd/c1-2-4-6-8-10-12-11-9-7-5-3-1;;;;/h1-2,7-10H,3-6,11-12H2;2*1H;;/q;;;;+2/p-2/b2-1-,9-7-,10-8-;;;;. The third-order valence-electron chi connectivity index (χ3n) is 2.00. The van der Waals surface area contributed by atoms with Crippen molar-refractivity contribution in [2.24, 2.45) is 0 Å². The van der Waals surface area contributed by atoms with Gasteiger partial charge in [-0.3, -0.25) is 0 Å². The van der Waals surface area contributed by atoms with Crippen LogP contribution in [0.15, 0.2) is 36.5 Å². The summed E-state index contributed by atoms with van der Waals surface area (Å²) in [6.07, 6.45) is 21.0. The van der Waals surface area contributed by atoms with Gasteiger partial charge < -0.3 is 0 Å². The zero-order valence-corrected chi connectivity index (χ0v) is 13.7. The molecule has 0 saturated heterocycles. The summed E-state index contributed by atoms with van der Waals surface area (Å²) < 4.78 is 0. The third-order valence-corrected chi connectivity index (χ3v) is 2.00. The molecule has 0 aromatic rings. The van der Waals surface area contributed by atoms with Crippen molar-refractivity contribution in [3.05, 3.63) is 36.5 Å². The molecule has 16 heavy (non-hydrogen) atoms. The first-order valence-electron chi connectivity index (χ1n) is 5.19. The van der Waals surface area contributed by atoms with Crippen molar-refractivity contribution in [3.8, 4) is 0 Å². The van der Waals surface area contributed by atoms with Crippen molar-refractivity contribution in [3.63, 3.8) is 0 Å². The van der Waals surface area contributed by atoms with Crippen molar-refractivity contribution in [2.45, 2.75) is 38.5 Å². The molecule has 0 aromatic heterocycles. The van der Waals surface area contributed by atoms with Gasteiger partial charge in [-0.15, -0.1) is 0 Å². The van der Waals surface area contributed by atoms with E-state index in [2.05, 4.69) is 36.5 Å². The Morgan fingerprint density at radius 3 is 0.812 bits per heavy atom. The van der Waals surface area contributed by atoms with Gasteiger partial charge in [0.15, 0.2) is 0 Å². The molecule has 0 N–H and O–H groups in total. The molecule has 0 saturated carbocycles. The van der Waals surface area contributed by atoms with Crippen LogP contribution in [0.3, 0.4) is 0 Å². The van der Waals surface area contributed by atoms with Gasteiger partial charge in [0.2, 0.25) is 0 Å². The van der Waals surface area contributed by atoms with Crippen LogP contribution in [-0.2, 0) is 36.4 Å². The summed E-state index contributed by atoms with van der Waals surface area (Å²) in [6, 6.07) is 0. The molecule has 0 spiro atoms. The Balaban J connectivity index is 0. The molecule has 1 aliphatic rings. The monoisotopic (exact) mass is 444 g/mol. The fraction of sp³-hybridized carbons (Fsp3) is 0.500. The van der Waals surface area contributed by atoms with E-state index in [1.54, 1.807) is 0 Å². The van der Waals surface area contributed by atoms with E-state index in [-0.39, 0.29) is 36.4 Å². The molecule has 0 amide bonds. The van der Waals surface area contributed by atoms with Crippen LogP contribution in [-0.4, -0.2) is 0 Å². The van der Waals surface area contributed by atoms with Gasteiger partial charge in [0.05, 0.1) is 0 Å². The van der Waals surface area contributed by atoms with Gasteiger partial charge in [0.25, 0.3) is 0 Å². The molecule has 0 fully saturated rings.